The van der Waals surface area contributed by atoms with Gasteiger partial charge in [0.15, 0.2) is 0 Å². The number of hydrogen-bond donors (Lipinski definition) is 0. The van der Waals surface area contributed by atoms with E-state index in [1.165, 1.54) is 25.3 Å². The first-order valence-corrected chi connectivity index (χ1v) is 3.90. The fraction of sp³-hybridized carbons (Fsp3) is 0.667. The second-order valence-electron chi connectivity index (χ2n) is 3.50. The van der Waals surface area contributed by atoms with Gasteiger partial charge in [-0.2, -0.15) is 0 Å². The molecule has 11 heavy (non-hydrogen) atoms. The number of ether oxygens (including phenoxy) is 1. The Bertz CT molecular complexity index is 196. The van der Waals surface area contributed by atoms with E-state index in [1.807, 2.05) is 19.9 Å². The summed E-state index contributed by atoms with van der Waals surface area (Å²) in [6.45, 7) is 5.24. The van der Waals surface area contributed by atoms with Crippen LogP contribution < -0.4 is 0 Å². The number of hydrogen-bond acceptors (Lipinski definition) is 2. The van der Waals surface area contributed by atoms with E-state index in [0.29, 0.717) is 0 Å². The van der Waals surface area contributed by atoms with Gasteiger partial charge >= 0.3 is 5.97 Å². The highest BCUT2D eigenvalue weighted by Gasteiger charge is 2.22. The van der Waals surface area contributed by atoms with E-state index in [2.05, 4.69) is 0 Å². The molecular formula is C9H14O2. The normalized spacial score (nSPS) is 16.1. The summed E-state index contributed by atoms with van der Waals surface area (Å²) in [5, 5.41) is 0. The number of carbonyl (C=O) groups is 1. The third kappa shape index (κ3) is 3.21. The Balaban J connectivity index is 2.50. The van der Waals surface area contributed by atoms with E-state index < -0.39 is 5.60 Å². The fourth-order valence-corrected chi connectivity index (χ4v) is 1.11. The molecule has 0 radical (unpaired) electrons. The van der Waals surface area contributed by atoms with Crippen molar-refractivity contribution in [2.45, 2.75) is 39.2 Å². The molecule has 2 heteroatoms. The van der Waals surface area contributed by atoms with Crippen molar-refractivity contribution in [3.8, 4) is 0 Å². The van der Waals surface area contributed by atoms with Crippen molar-refractivity contribution in [3.63, 3.8) is 0 Å². The zero-order valence-corrected chi connectivity index (χ0v) is 7.31. The highest BCUT2D eigenvalue weighted by Crippen LogP contribution is 2.31. The van der Waals surface area contributed by atoms with Gasteiger partial charge in [-0.3, -0.25) is 4.79 Å². The van der Waals surface area contributed by atoms with Crippen LogP contribution in [0.3, 0.4) is 0 Å². The molecule has 0 saturated heterocycles. The third-order valence-corrected chi connectivity index (χ3v) is 1.50. The molecule has 0 aromatic carbocycles. The molecule has 1 rings (SSSR count). The molecule has 0 spiro atoms. The summed E-state index contributed by atoms with van der Waals surface area (Å²) in [7, 11) is 0. The maximum Gasteiger partial charge on any atom is 0.303 e. The van der Waals surface area contributed by atoms with Crippen molar-refractivity contribution in [1.29, 1.82) is 0 Å². The Hall–Kier alpha value is -0.790. The molecule has 0 aromatic rings. The van der Waals surface area contributed by atoms with Crippen LogP contribution in [0.5, 0.6) is 0 Å². The van der Waals surface area contributed by atoms with Crippen molar-refractivity contribution in [1.82, 2.24) is 0 Å². The van der Waals surface area contributed by atoms with Gasteiger partial charge in [0.25, 0.3) is 0 Å². The van der Waals surface area contributed by atoms with Gasteiger partial charge in [0, 0.05) is 6.92 Å². The van der Waals surface area contributed by atoms with Crippen LogP contribution in [-0.4, -0.2) is 11.6 Å². The largest absolute Gasteiger partial charge is 0.456 e. The summed E-state index contributed by atoms with van der Waals surface area (Å²) in [4.78, 5) is 10.6. The standard InChI is InChI=1S/C9H14O2/c1-7(10)11-9(2,3)6-8-4-5-8/h6H,4-5H2,1-3H3. The van der Waals surface area contributed by atoms with E-state index >= 15 is 0 Å². The predicted octanol–water partition coefficient (Wildman–Crippen LogP) is 2.05. The first kappa shape index (κ1) is 8.31. The minimum absolute atomic E-state index is 0.215. The summed E-state index contributed by atoms with van der Waals surface area (Å²) >= 11 is 0. The maximum atomic E-state index is 10.6. The summed E-state index contributed by atoms with van der Waals surface area (Å²) in [6.07, 6.45) is 4.38. The number of allylic oxidation sites excluding steroid dienone is 1. The van der Waals surface area contributed by atoms with Crippen LogP contribution >= 0.6 is 0 Å². The molecule has 0 aliphatic heterocycles. The van der Waals surface area contributed by atoms with Crippen LogP contribution in [0.15, 0.2) is 11.6 Å². The van der Waals surface area contributed by atoms with Crippen LogP contribution in [0.2, 0.25) is 0 Å². The summed E-state index contributed by atoms with van der Waals surface area (Å²) in [5.74, 6) is -0.215. The molecule has 1 aliphatic rings. The highest BCUT2D eigenvalue weighted by atomic mass is 16.6. The van der Waals surface area contributed by atoms with Gasteiger partial charge < -0.3 is 4.74 Å². The molecule has 0 heterocycles. The quantitative estimate of drug-likeness (QED) is 0.449. The van der Waals surface area contributed by atoms with Gasteiger partial charge in [-0.05, 0) is 32.8 Å². The van der Waals surface area contributed by atoms with Crippen molar-refractivity contribution in [2.75, 3.05) is 0 Å². The number of carbonyl (C=O) groups excluding carboxylic acids is 1. The van der Waals surface area contributed by atoms with Gasteiger partial charge in [0.2, 0.25) is 0 Å². The van der Waals surface area contributed by atoms with Gasteiger partial charge in [-0.1, -0.05) is 5.57 Å². The predicted molar refractivity (Wildman–Crippen MR) is 43.2 cm³/mol. The topological polar surface area (TPSA) is 26.3 Å². The van der Waals surface area contributed by atoms with Crippen molar-refractivity contribution < 1.29 is 9.53 Å². The van der Waals surface area contributed by atoms with E-state index in [9.17, 15) is 4.79 Å². The molecule has 0 unspecified atom stereocenters. The molecular weight excluding hydrogens is 140 g/mol. The second kappa shape index (κ2) is 2.68. The Morgan fingerprint density at radius 2 is 2.09 bits per heavy atom. The lowest BCUT2D eigenvalue weighted by Crippen LogP contribution is -2.23. The van der Waals surface area contributed by atoms with E-state index in [0.717, 1.165) is 0 Å². The smallest absolute Gasteiger partial charge is 0.303 e. The second-order valence-corrected chi connectivity index (χ2v) is 3.50. The Morgan fingerprint density at radius 1 is 1.55 bits per heavy atom. The molecule has 2 nitrogen and oxygen atoms in total. The van der Waals surface area contributed by atoms with Crippen LogP contribution in [0.25, 0.3) is 0 Å². The van der Waals surface area contributed by atoms with Gasteiger partial charge in [-0.15, -0.1) is 0 Å². The lowest BCUT2D eigenvalue weighted by atomic mass is 10.1. The van der Waals surface area contributed by atoms with Gasteiger partial charge in [0.1, 0.15) is 5.60 Å². The lowest BCUT2D eigenvalue weighted by Gasteiger charge is -2.19. The molecule has 1 fully saturated rings. The van der Waals surface area contributed by atoms with E-state index in [4.69, 9.17) is 4.74 Å². The third-order valence-electron chi connectivity index (χ3n) is 1.50. The maximum absolute atomic E-state index is 10.6. The molecule has 0 amide bonds. The molecule has 0 atom stereocenters. The molecule has 1 aliphatic carbocycles. The van der Waals surface area contributed by atoms with Crippen molar-refractivity contribution in [3.05, 3.63) is 11.6 Å². The fourth-order valence-electron chi connectivity index (χ4n) is 1.11. The molecule has 0 bridgehead atoms. The minimum atomic E-state index is -0.405. The summed E-state index contributed by atoms with van der Waals surface area (Å²) < 4.78 is 5.07. The average Bonchev–Trinajstić information content (AvgIpc) is 2.43. The average molecular weight is 154 g/mol. The lowest BCUT2D eigenvalue weighted by molar-refractivity contribution is -0.149. The van der Waals surface area contributed by atoms with Crippen molar-refractivity contribution >= 4 is 5.97 Å². The molecule has 62 valence electrons. The van der Waals surface area contributed by atoms with Crippen LogP contribution in [0.1, 0.15) is 33.6 Å². The summed E-state index contributed by atoms with van der Waals surface area (Å²) in [6, 6.07) is 0. The van der Waals surface area contributed by atoms with E-state index in [1.54, 1.807) is 0 Å². The van der Waals surface area contributed by atoms with Gasteiger partial charge in [0.05, 0.1) is 0 Å². The SMILES string of the molecule is CC(=O)OC(C)(C)C=C1CC1. The molecule has 1 saturated carbocycles. The first-order chi connectivity index (χ1) is 4.99. The molecule has 0 aromatic heterocycles. The summed E-state index contributed by atoms with van der Waals surface area (Å²) in [5.41, 5.74) is 0.994. The zero-order chi connectivity index (χ0) is 8.48. The first-order valence-electron chi connectivity index (χ1n) is 3.90. The van der Waals surface area contributed by atoms with Gasteiger partial charge in [-0.25, -0.2) is 0 Å². The monoisotopic (exact) mass is 154 g/mol. The zero-order valence-electron chi connectivity index (χ0n) is 7.31. The van der Waals surface area contributed by atoms with Crippen LogP contribution in [0.4, 0.5) is 0 Å². The minimum Gasteiger partial charge on any atom is -0.456 e. The number of esters is 1. The Morgan fingerprint density at radius 3 is 2.45 bits per heavy atom. The Labute approximate surface area is 67.2 Å². The van der Waals surface area contributed by atoms with Crippen LogP contribution in [0, 0.1) is 0 Å². The number of rotatable bonds is 2. The highest BCUT2D eigenvalue weighted by molar-refractivity contribution is 5.66. The van der Waals surface area contributed by atoms with Crippen molar-refractivity contribution in [2.24, 2.45) is 0 Å². The molecule has 0 N–H and O–H groups in total. The van der Waals surface area contributed by atoms with E-state index in [-0.39, 0.29) is 5.97 Å². The Kier molecular flexibility index (Phi) is 2.03. The van der Waals surface area contributed by atoms with Crippen LogP contribution in [-0.2, 0) is 9.53 Å².